The van der Waals surface area contributed by atoms with Crippen LogP contribution in [0, 0.1) is 13.8 Å². The first-order valence-electron chi connectivity index (χ1n) is 6.61. The van der Waals surface area contributed by atoms with Crippen molar-refractivity contribution in [3.05, 3.63) is 41.6 Å². The van der Waals surface area contributed by atoms with Crippen LogP contribution in [0.3, 0.4) is 0 Å². The van der Waals surface area contributed by atoms with Crippen LogP contribution in [-0.4, -0.2) is 16.5 Å². The van der Waals surface area contributed by atoms with E-state index in [-0.39, 0.29) is 0 Å². The van der Waals surface area contributed by atoms with Crippen LogP contribution in [0.5, 0.6) is 0 Å². The molecular formula is C15H20N4. The number of nitrogens with one attached hydrogen (secondary N) is 2. The molecule has 0 bridgehead atoms. The highest BCUT2D eigenvalue weighted by Gasteiger charge is 2.04. The molecule has 2 aromatic rings. The lowest BCUT2D eigenvalue weighted by atomic mass is 10.1. The van der Waals surface area contributed by atoms with E-state index < -0.39 is 0 Å². The Morgan fingerprint density at radius 1 is 1.11 bits per heavy atom. The molecule has 19 heavy (non-hydrogen) atoms. The van der Waals surface area contributed by atoms with Crippen molar-refractivity contribution in [1.82, 2.24) is 9.97 Å². The molecule has 4 heteroatoms. The molecule has 0 amide bonds. The molecule has 1 aromatic carbocycles. The van der Waals surface area contributed by atoms with E-state index in [1.54, 1.807) is 6.20 Å². The minimum Gasteiger partial charge on any atom is -0.370 e. The highest BCUT2D eigenvalue weighted by atomic mass is 15.1. The second-order valence-corrected chi connectivity index (χ2v) is 4.58. The maximum atomic E-state index is 4.45. The topological polar surface area (TPSA) is 49.8 Å². The van der Waals surface area contributed by atoms with Crippen molar-refractivity contribution in [2.75, 3.05) is 17.2 Å². The van der Waals surface area contributed by atoms with Crippen LogP contribution in [0.2, 0.25) is 0 Å². The molecule has 0 aliphatic carbocycles. The molecule has 0 radical (unpaired) electrons. The van der Waals surface area contributed by atoms with Gasteiger partial charge < -0.3 is 10.6 Å². The second-order valence-electron chi connectivity index (χ2n) is 4.58. The molecule has 0 aliphatic rings. The Morgan fingerprint density at radius 2 is 1.84 bits per heavy atom. The lowest BCUT2D eigenvalue weighted by molar-refractivity contribution is 0.965. The number of nitrogens with zero attached hydrogens (tertiary/aromatic N) is 2. The standard InChI is InChI=1S/C15H20N4/c1-4-9-16-13-8-10-17-15(18-13)19-14-11(2)6-5-7-12(14)3/h5-8,10H,4,9H2,1-3H3,(H2,16,17,18,19). The fourth-order valence-electron chi connectivity index (χ4n) is 1.89. The van der Waals surface area contributed by atoms with E-state index in [1.165, 1.54) is 11.1 Å². The van der Waals surface area contributed by atoms with Gasteiger partial charge in [-0.1, -0.05) is 25.1 Å². The van der Waals surface area contributed by atoms with Gasteiger partial charge in [-0.25, -0.2) is 4.98 Å². The summed E-state index contributed by atoms with van der Waals surface area (Å²) in [6.07, 6.45) is 2.84. The molecule has 0 saturated carbocycles. The fourth-order valence-corrected chi connectivity index (χ4v) is 1.89. The molecule has 0 fully saturated rings. The van der Waals surface area contributed by atoms with Crippen LogP contribution in [0.25, 0.3) is 0 Å². The van der Waals surface area contributed by atoms with E-state index in [2.05, 4.69) is 59.6 Å². The molecule has 2 N–H and O–H groups in total. The van der Waals surface area contributed by atoms with Crippen molar-refractivity contribution in [2.24, 2.45) is 0 Å². The Kier molecular flexibility index (Phi) is 4.34. The Bertz CT molecular complexity index is 531. The van der Waals surface area contributed by atoms with E-state index >= 15 is 0 Å². The molecule has 0 atom stereocenters. The molecule has 0 saturated heterocycles. The lowest BCUT2D eigenvalue weighted by Crippen LogP contribution is -2.05. The van der Waals surface area contributed by atoms with Crippen LogP contribution >= 0.6 is 0 Å². The minimum absolute atomic E-state index is 0.624. The van der Waals surface area contributed by atoms with Crippen LogP contribution in [0.15, 0.2) is 30.5 Å². The molecule has 100 valence electrons. The predicted molar refractivity (Wildman–Crippen MR) is 80.0 cm³/mol. The van der Waals surface area contributed by atoms with E-state index in [9.17, 15) is 0 Å². The summed E-state index contributed by atoms with van der Waals surface area (Å²) in [5, 5.41) is 6.55. The van der Waals surface area contributed by atoms with Gasteiger partial charge >= 0.3 is 0 Å². The molecule has 1 heterocycles. The first kappa shape index (κ1) is 13.3. The molecule has 0 unspecified atom stereocenters. The zero-order valence-electron chi connectivity index (χ0n) is 11.7. The third-order valence-electron chi connectivity index (χ3n) is 2.93. The van der Waals surface area contributed by atoms with Gasteiger partial charge in [-0.05, 0) is 37.5 Å². The summed E-state index contributed by atoms with van der Waals surface area (Å²) in [7, 11) is 0. The number of hydrogen-bond acceptors (Lipinski definition) is 4. The number of aromatic nitrogens is 2. The third kappa shape index (κ3) is 3.44. The molecule has 2 rings (SSSR count). The monoisotopic (exact) mass is 256 g/mol. The van der Waals surface area contributed by atoms with Crippen molar-refractivity contribution < 1.29 is 0 Å². The van der Waals surface area contributed by atoms with E-state index in [0.717, 1.165) is 24.5 Å². The molecule has 4 nitrogen and oxygen atoms in total. The van der Waals surface area contributed by atoms with Crippen LogP contribution in [-0.2, 0) is 0 Å². The summed E-state index contributed by atoms with van der Waals surface area (Å²) in [6.45, 7) is 7.20. The maximum Gasteiger partial charge on any atom is 0.229 e. The average molecular weight is 256 g/mol. The Morgan fingerprint density at radius 3 is 2.53 bits per heavy atom. The average Bonchev–Trinajstić information content (AvgIpc) is 2.41. The first-order chi connectivity index (χ1) is 9.20. The summed E-state index contributed by atoms with van der Waals surface area (Å²) in [5.74, 6) is 1.48. The number of aryl methyl sites for hydroxylation is 2. The van der Waals surface area contributed by atoms with Crippen LogP contribution in [0.1, 0.15) is 24.5 Å². The summed E-state index contributed by atoms with van der Waals surface area (Å²) >= 11 is 0. The summed E-state index contributed by atoms with van der Waals surface area (Å²) in [4.78, 5) is 8.72. The van der Waals surface area contributed by atoms with Crippen LogP contribution in [0.4, 0.5) is 17.5 Å². The molecule has 1 aromatic heterocycles. The molecular weight excluding hydrogens is 236 g/mol. The van der Waals surface area contributed by atoms with E-state index in [1.807, 2.05) is 6.07 Å². The molecule has 0 aliphatic heterocycles. The summed E-state index contributed by atoms with van der Waals surface area (Å²) < 4.78 is 0. The summed E-state index contributed by atoms with van der Waals surface area (Å²) in [6, 6.07) is 8.09. The van der Waals surface area contributed by atoms with Crippen molar-refractivity contribution in [3.63, 3.8) is 0 Å². The van der Waals surface area contributed by atoms with Gasteiger partial charge in [0.1, 0.15) is 5.82 Å². The van der Waals surface area contributed by atoms with E-state index in [0.29, 0.717) is 5.95 Å². The van der Waals surface area contributed by atoms with E-state index in [4.69, 9.17) is 0 Å². The molecule has 0 spiro atoms. The SMILES string of the molecule is CCCNc1ccnc(Nc2c(C)cccc2C)n1. The second kappa shape index (κ2) is 6.18. The van der Waals surface area contributed by atoms with Crippen molar-refractivity contribution >= 4 is 17.5 Å². The number of rotatable bonds is 5. The zero-order chi connectivity index (χ0) is 13.7. The first-order valence-corrected chi connectivity index (χ1v) is 6.61. The zero-order valence-corrected chi connectivity index (χ0v) is 11.7. The van der Waals surface area contributed by atoms with Crippen LogP contribution < -0.4 is 10.6 Å². The maximum absolute atomic E-state index is 4.45. The van der Waals surface area contributed by atoms with Crippen molar-refractivity contribution in [2.45, 2.75) is 27.2 Å². The predicted octanol–water partition coefficient (Wildman–Crippen LogP) is 3.66. The van der Waals surface area contributed by atoms with Gasteiger partial charge in [0.2, 0.25) is 5.95 Å². The highest BCUT2D eigenvalue weighted by Crippen LogP contribution is 2.22. The third-order valence-corrected chi connectivity index (χ3v) is 2.93. The minimum atomic E-state index is 0.624. The summed E-state index contributed by atoms with van der Waals surface area (Å²) in [5.41, 5.74) is 3.46. The number of benzene rings is 1. The number of hydrogen-bond donors (Lipinski definition) is 2. The number of anilines is 3. The lowest BCUT2D eigenvalue weighted by Gasteiger charge is -2.12. The van der Waals surface area contributed by atoms with Gasteiger partial charge in [-0.15, -0.1) is 0 Å². The normalized spacial score (nSPS) is 10.3. The van der Waals surface area contributed by atoms with Gasteiger partial charge in [0.25, 0.3) is 0 Å². The Balaban J connectivity index is 2.19. The largest absolute Gasteiger partial charge is 0.370 e. The van der Waals surface area contributed by atoms with Gasteiger partial charge in [0, 0.05) is 18.4 Å². The highest BCUT2D eigenvalue weighted by molar-refractivity contribution is 5.63. The smallest absolute Gasteiger partial charge is 0.229 e. The van der Waals surface area contributed by atoms with Gasteiger partial charge in [0.05, 0.1) is 0 Å². The Hall–Kier alpha value is -2.10. The fraction of sp³-hybridized carbons (Fsp3) is 0.333. The number of para-hydroxylation sites is 1. The van der Waals surface area contributed by atoms with Crippen molar-refractivity contribution in [1.29, 1.82) is 0 Å². The van der Waals surface area contributed by atoms with Gasteiger partial charge in [-0.3, -0.25) is 0 Å². The van der Waals surface area contributed by atoms with Gasteiger partial charge in [0.15, 0.2) is 0 Å². The quantitative estimate of drug-likeness (QED) is 0.857. The van der Waals surface area contributed by atoms with Gasteiger partial charge in [-0.2, -0.15) is 4.98 Å². The van der Waals surface area contributed by atoms with Crippen molar-refractivity contribution in [3.8, 4) is 0 Å². The Labute approximate surface area is 114 Å².